The normalized spacial score (nSPS) is 12.2. The summed E-state index contributed by atoms with van der Waals surface area (Å²) in [7, 11) is -1.09. The van der Waals surface area contributed by atoms with Crippen LogP contribution >= 0.6 is 0 Å². The van der Waals surface area contributed by atoms with Crippen LogP contribution in [0.15, 0.2) is 29.2 Å². The number of esters is 1. The van der Waals surface area contributed by atoms with Gasteiger partial charge in [0, 0.05) is 6.07 Å². The van der Waals surface area contributed by atoms with Crippen LogP contribution in [0.4, 0.5) is 0 Å². The average molecular weight is 464 g/mol. The smallest absolute Gasteiger partial charge is 0.324 e. The molecule has 2 rings (SSSR count). The molecular formula is C23H29NO7S. The van der Waals surface area contributed by atoms with Crippen molar-refractivity contribution >= 4 is 21.8 Å². The van der Waals surface area contributed by atoms with E-state index in [1.54, 1.807) is 26.0 Å². The van der Waals surface area contributed by atoms with E-state index < -0.39 is 34.4 Å². The highest BCUT2D eigenvalue weighted by Gasteiger charge is 2.28. The molecule has 0 saturated carbocycles. The van der Waals surface area contributed by atoms with Crippen molar-refractivity contribution in [1.82, 2.24) is 4.72 Å². The fourth-order valence-electron chi connectivity index (χ4n) is 3.29. The Hall–Kier alpha value is -2.91. The van der Waals surface area contributed by atoms with Gasteiger partial charge in [0.1, 0.15) is 17.5 Å². The summed E-state index contributed by atoms with van der Waals surface area (Å²) < 4.78 is 43.7. The second kappa shape index (κ2) is 10.1. The summed E-state index contributed by atoms with van der Waals surface area (Å²) >= 11 is 0. The van der Waals surface area contributed by atoms with Crippen molar-refractivity contribution in [2.24, 2.45) is 0 Å². The third kappa shape index (κ3) is 5.46. The summed E-state index contributed by atoms with van der Waals surface area (Å²) in [5, 5.41) is 0. The molecule has 1 N–H and O–H groups in total. The van der Waals surface area contributed by atoms with Gasteiger partial charge in [0.05, 0.1) is 24.7 Å². The number of hydrogen-bond acceptors (Lipinski definition) is 7. The minimum atomic E-state index is -3.99. The Balaban J connectivity index is 2.12. The molecule has 0 heterocycles. The number of ether oxygens (including phenoxy) is 3. The van der Waals surface area contributed by atoms with Gasteiger partial charge >= 0.3 is 5.97 Å². The highest BCUT2D eigenvalue weighted by Crippen LogP contribution is 2.27. The molecule has 0 bridgehead atoms. The van der Waals surface area contributed by atoms with Crippen LogP contribution in [-0.2, 0) is 19.6 Å². The molecule has 32 heavy (non-hydrogen) atoms. The Labute approximate surface area is 188 Å². The van der Waals surface area contributed by atoms with E-state index in [4.69, 9.17) is 14.2 Å². The van der Waals surface area contributed by atoms with E-state index in [2.05, 4.69) is 4.72 Å². The molecule has 0 unspecified atom stereocenters. The zero-order chi connectivity index (χ0) is 24.2. The van der Waals surface area contributed by atoms with Gasteiger partial charge in [-0.3, -0.25) is 9.59 Å². The quantitative estimate of drug-likeness (QED) is 0.450. The number of aryl methyl sites for hydroxylation is 2. The van der Waals surface area contributed by atoms with Crippen LogP contribution in [0.3, 0.4) is 0 Å². The summed E-state index contributed by atoms with van der Waals surface area (Å²) in [4.78, 5) is 25.0. The zero-order valence-electron chi connectivity index (χ0n) is 19.4. The van der Waals surface area contributed by atoms with Crippen LogP contribution in [0.2, 0.25) is 0 Å². The van der Waals surface area contributed by atoms with Crippen LogP contribution in [0.25, 0.3) is 0 Å². The molecule has 8 nitrogen and oxygen atoms in total. The monoisotopic (exact) mass is 463 g/mol. The highest BCUT2D eigenvalue weighted by molar-refractivity contribution is 7.89. The molecule has 0 aromatic heterocycles. The highest BCUT2D eigenvalue weighted by atomic mass is 32.2. The molecule has 0 aliphatic heterocycles. The summed E-state index contributed by atoms with van der Waals surface area (Å²) in [5.41, 5.74) is 3.12. The molecule has 2 aromatic rings. The lowest BCUT2D eigenvalue weighted by atomic mass is 10.0. The lowest BCUT2D eigenvalue weighted by Crippen LogP contribution is -2.40. The number of sulfonamides is 1. The molecule has 0 amide bonds. The van der Waals surface area contributed by atoms with Gasteiger partial charge in [0.25, 0.3) is 0 Å². The standard InChI is InChI=1S/C23H29NO7S/c1-13-10-14(2)16(4)22(15(13)3)32(27,28)24-17(5)23(26)31-12-20(25)19-9-8-18(29-6)11-21(19)30-7/h8-11,17,24H,12H2,1-7H3/t17-/m0/s1. The Bertz CT molecular complexity index is 1110. The van der Waals surface area contributed by atoms with Crippen LogP contribution in [0, 0.1) is 27.7 Å². The van der Waals surface area contributed by atoms with Crippen molar-refractivity contribution in [2.45, 2.75) is 45.6 Å². The largest absolute Gasteiger partial charge is 0.497 e. The molecule has 174 valence electrons. The first-order valence-electron chi connectivity index (χ1n) is 9.94. The molecule has 0 aliphatic carbocycles. The summed E-state index contributed by atoms with van der Waals surface area (Å²) in [6, 6.07) is 5.36. The Morgan fingerprint density at radius 2 is 1.56 bits per heavy atom. The van der Waals surface area contributed by atoms with Crippen LogP contribution < -0.4 is 14.2 Å². The fraction of sp³-hybridized carbons (Fsp3) is 0.391. The Morgan fingerprint density at radius 1 is 0.969 bits per heavy atom. The zero-order valence-corrected chi connectivity index (χ0v) is 20.2. The number of rotatable bonds is 9. The van der Waals surface area contributed by atoms with Crippen molar-refractivity contribution in [2.75, 3.05) is 20.8 Å². The first-order chi connectivity index (χ1) is 14.9. The maximum atomic E-state index is 13.0. The lowest BCUT2D eigenvalue weighted by Gasteiger charge is -2.18. The van der Waals surface area contributed by atoms with Gasteiger partial charge in [-0.05, 0) is 69.0 Å². The number of Topliss-reactive ketones (excluding diaryl/α,β-unsaturated/α-hetero) is 1. The number of hydrogen-bond donors (Lipinski definition) is 1. The van der Waals surface area contributed by atoms with Crippen LogP contribution in [-0.4, -0.2) is 47.0 Å². The third-order valence-electron chi connectivity index (χ3n) is 5.31. The predicted molar refractivity (Wildman–Crippen MR) is 120 cm³/mol. The lowest BCUT2D eigenvalue weighted by molar-refractivity contribution is -0.144. The van der Waals surface area contributed by atoms with Crippen molar-refractivity contribution in [3.05, 3.63) is 52.1 Å². The first kappa shape index (κ1) is 25.4. The number of carbonyl (C=O) groups excluding carboxylic acids is 2. The number of methoxy groups -OCH3 is 2. The van der Waals surface area contributed by atoms with Gasteiger partial charge in [-0.15, -0.1) is 0 Å². The summed E-state index contributed by atoms with van der Waals surface area (Å²) in [5.74, 6) is -0.571. The number of carbonyl (C=O) groups is 2. The molecule has 0 aliphatic rings. The maximum absolute atomic E-state index is 13.0. The average Bonchev–Trinajstić information content (AvgIpc) is 2.74. The van der Waals surface area contributed by atoms with E-state index in [-0.39, 0.29) is 16.2 Å². The second-order valence-electron chi connectivity index (χ2n) is 7.53. The Kier molecular flexibility index (Phi) is 8.03. The van der Waals surface area contributed by atoms with Gasteiger partial charge in [0.2, 0.25) is 15.8 Å². The van der Waals surface area contributed by atoms with Gasteiger partial charge in [-0.1, -0.05) is 6.07 Å². The van der Waals surface area contributed by atoms with E-state index >= 15 is 0 Å². The third-order valence-corrected chi connectivity index (χ3v) is 7.12. The van der Waals surface area contributed by atoms with Crippen LogP contribution in [0.5, 0.6) is 11.5 Å². The molecule has 9 heteroatoms. The molecule has 2 aromatic carbocycles. The van der Waals surface area contributed by atoms with Gasteiger partial charge in [0.15, 0.2) is 6.61 Å². The molecule has 0 spiro atoms. The first-order valence-corrected chi connectivity index (χ1v) is 11.4. The molecule has 0 saturated heterocycles. The fourth-order valence-corrected chi connectivity index (χ4v) is 5.10. The van der Waals surface area contributed by atoms with E-state index in [1.165, 1.54) is 27.2 Å². The summed E-state index contributed by atoms with van der Waals surface area (Å²) in [6.45, 7) is 7.91. The Morgan fingerprint density at radius 3 is 2.09 bits per heavy atom. The van der Waals surface area contributed by atoms with E-state index in [0.29, 0.717) is 16.9 Å². The number of ketones is 1. The molecule has 1 atom stereocenters. The second-order valence-corrected chi connectivity index (χ2v) is 9.18. The maximum Gasteiger partial charge on any atom is 0.324 e. The van der Waals surface area contributed by atoms with Crippen LogP contribution in [0.1, 0.15) is 39.5 Å². The number of benzene rings is 2. The van der Waals surface area contributed by atoms with Gasteiger partial charge in [-0.25, -0.2) is 8.42 Å². The van der Waals surface area contributed by atoms with E-state index in [0.717, 1.165) is 11.1 Å². The van der Waals surface area contributed by atoms with Crippen molar-refractivity contribution < 1.29 is 32.2 Å². The van der Waals surface area contributed by atoms with E-state index in [9.17, 15) is 18.0 Å². The van der Waals surface area contributed by atoms with Gasteiger partial charge in [-0.2, -0.15) is 4.72 Å². The molecule has 0 fully saturated rings. The molecular weight excluding hydrogens is 434 g/mol. The number of nitrogens with one attached hydrogen (secondary N) is 1. The minimum absolute atomic E-state index is 0.147. The topological polar surface area (TPSA) is 108 Å². The summed E-state index contributed by atoms with van der Waals surface area (Å²) in [6.07, 6.45) is 0. The predicted octanol–water partition coefficient (Wildman–Crippen LogP) is 3.03. The van der Waals surface area contributed by atoms with Crippen molar-refractivity contribution in [3.63, 3.8) is 0 Å². The van der Waals surface area contributed by atoms with E-state index in [1.807, 2.05) is 19.9 Å². The van der Waals surface area contributed by atoms with Crippen molar-refractivity contribution in [3.8, 4) is 11.5 Å². The SMILES string of the molecule is COc1ccc(C(=O)COC(=O)[C@H](C)NS(=O)(=O)c2c(C)c(C)cc(C)c2C)c(OC)c1. The molecule has 0 radical (unpaired) electrons. The minimum Gasteiger partial charge on any atom is -0.497 e. The van der Waals surface area contributed by atoms with Gasteiger partial charge < -0.3 is 14.2 Å². The van der Waals surface area contributed by atoms with Crippen molar-refractivity contribution in [1.29, 1.82) is 0 Å².